The van der Waals surface area contributed by atoms with Crippen molar-refractivity contribution in [3.63, 3.8) is 0 Å². The maximum Gasteiger partial charge on any atom is 0.231 e. The Labute approximate surface area is 141 Å². The summed E-state index contributed by atoms with van der Waals surface area (Å²) in [6.45, 7) is 1.42. The SMILES string of the molecule is CCCCCCCCCCCCCC(=O)C(O)(P=O)C(O)CO. The van der Waals surface area contributed by atoms with Crippen LogP contribution in [0.15, 0.2) is 0 Å². The Morgan fingerprint density at radius 2 is 1.39 bits per heavy atom. The van der Waals surface area contributed by atoms with Crippen LogP contribution in [0.2, 0.25) is 0 Å². The van der Waals surface area contributed by atoms with E-state index in [1.807, 2.05) is 0 Å². The van der Waals surface area contributed by atoms with Gasteiger partial charge in [-0.1, -0.05) is 71.1 Å². The number of aliphatic hydroxyl groups is 3. The minimum atomic E-state index is -2.37. The monoisotopic (exact) mass is 348 g/mol. The molecule has 136 valence electrons. The van der Waals surface area contributed by atoms with E-state index in [1.165, 1.54) is 44.9 Å². The first kappa shape index (κ1) is 22.6. The number of rotatable bonds is 16. The van der Waals surface area contributed by atoms with Crippen LogP contribution in [0.3, 0.4) is 0 Å². The van der Waals surface area contributed by atoms with Crippen molar-refractivity contribution in [2.45, 2.75) is 95.4 Å². The normalized spacial score (nSPS) is 15.5. The van der Waals surface area contributed by atoms with Gasteiger partial charge in [-0.05, 0) is 6.42 Å². The average molecular weight is 348 g/mol. The number of Topliss-reactive ketones (excluding diaryl/α,β-unsaturated/α-hetero) is 1. The lowest BCUT2D eigenvalue weighted by molar-refractivity contribution is -0.139. The molecule has 0 fully saturated rings. The van der Waals surface area contributed by atoms with Gasteiger partial charge in [0, 0.05) is 6.42 Å². The molecular weight excluding hydrogens is 315 g/mol. The number of carbonyl (C=O) groups excluding carboxylic acids is 1. The van der Waals surface area contributed by atoms with Gasteiger partial charge in [-0.3, -0.25) is 9.36 Å². The number of carbonyl (C=O) groups is 1. The summed E-state index contributed by atoms with van der Waals surface area (Å²) in [6, 6.07) is 0. The molecule has 0 bridgehead atoms. The van der Waals surface area contributed by atoms with Crippen molar-refractivity contribution in [2.24, 2.45) is 0 Å². The summed E-state index contributed by atoms with van der Waals surface area (Å²) in [4.78, 5) is 11.8. The third kappa shape index (κ3) is 9.51. The van der Waals surface area contributed by atoms with Gasteiger partial charge in [0.2, 0.25) is 13.8 Å². The van der Waals surface area contributed by atoms with E-state index < -0.39 is 32.3 Å². The summed E-state index contributed by atoms with van der Waals surface area (Å²) in [5.74, 6) is -0.674. The molecule has 0 aliphatic carbocycles. The average Bonchev–Trinajstić information content (AvgIpc) is 2.57. The fraction of sp³-hybridized carbons (Fsp3) is 0.941. The van der Waals surface area contributed by atoms with Crippen LogP contribution in [0.4, 0.5) is 0 Å². The zero-order chi connectivity index (χ0) is 17.6. The lowest BCUT2D eigenvalue weighted by atomic mass is 10.0. The Morgan fingerprint density at radius 3 is 1.78 bits per heavy atom. The van der Waals surface area contributed by atoms with Gasteiger partial charge < -0.3 is 15.3 Å². The first-order valence-electron chi connectivity index (χ1n) is 8.92. The standard InChI is InChI=1S/C17H33O5P/c1-2-3-4-5-6-7-8-9-10-11-12-13-15(19)17(21,23-22)16(20)14-18/h16,18,20-21H,2-14H2,1H3. The Balaban J connectivity index is 3.64. The molecule has 0 amide bonds. The molecule has 0 aliphatic heterocycles. The van der Waals surface area contributed by atoms with E-state index in [4.69, 9.17) is 5.11 Å². The van der Waals surface area contributed by atoms with E-state index in [1.54, 1.807) is 0 Å². The highest BCUT2D eigenvalue weighted by atomic mass is 31.1. The molecule has 0 spiro atoms. The van der Waals surface area contributed by atoms with Gasteiger partial charge in [0.1, 0.15) is 6.10 Å². The second-order valence-electron chi connectivity index (χ2n) is 6.22. The molecule has 0 saturated carbocycles. The maximum atomic E-state index is 11.8. The molecular formula is C17H33O5P. The van der Waals surface area contributed by atoms with Gasteiger partial charge in [-0.15, -0.1) is 0 Å². The van der Waals surface area contributed by atoms with E-state index in [0.29, 0.717) is 6.42 Å². The second-order valence-corrected chi connectivity index (χ2v) is 7.09. The first-order valence-corrected chi connectivity index (χ1v) is 9.73. The summed E-state index contributed by atoms with van der Waals surface area (Å²) in [5.41, 5.74) is 0. The summed E-state index contributed by atoms with van der Waals surface area (Å²) >= 11 is 0. The molecule has 0 heterocycles. The van der Waals surface area contributed by atoms with Crippen molar-refractivity contribution in [3.8, 4) is 0 Å². The van der Waals surface area contributed by atoms with Gasteiger partial charge in [0.05, 0.1) is 6.61 Å². The van der Waals surface area contributed by atoms with Crippen molar-refractivity contribution >= 4 is 14.2 Å². The molecule has 5 nitrogen and oxygen atoms in total. The smallest absolute Gasteiger partial charge is 0.231 e. The molecule has 3 N–H and O–H groups in total. The molecule has 0 rings (SSSR count). The summed E-state index contributed by atoms with van der Waals surface area (Å²) in [7, 11) is -0.866. The minimum Gasteiger partial charge on any atom is -0.394 e. The van der Waals surface area contributed by atoms with E-state index in [9.17, 15) is 19.6 Å². The lowest BCUT2D eigenvalue weighted by Gasteiger charge is -2.23. The highest BCUT2D eigenvalue weighted by Crippen LogP contribution is 2.27. The second kappa shape index (κ2) is 14.0. The van der Waals surface area contributed by atoms with Crippen molar-refractivity contribution in [1.82, 2.24) is 0 Å². The van der Waals surface area contributed by atoms with Crippen molar-refractivity contribution in [2.75, 3.05) is 6.61 Å². The van der Waals surface area contributed by atoms with Gasteiger partial charge in [-0.25, -0.2) is 0 Å². The fourth-order valence-corrected chi connectivity index (χ4v) is 2.98. The third-order valence-electron chi connectivity index (χ3n) is 4.19. The van der Waals surface area contributed by atoms with E-state index in [2.05, 4.69) is 6.92 Å². The van der Waals surface area contributed by atoms with Crippen LogP contribution in [-0.2, 0) is 9.36 Å². The molecule has 0 aliphatic rings. The van der Waals surface area contributed by atoms with Crippen LogP contribution in [0.25, 0.3) is 0 Å². The number of unbranched alkanes of at least 4 members (excludes halogenated alkanes) is 10. The zero-order valence-corrected chi connectivity index (χ0v) is 15.3. The Bertz CT molecular complexity index is 324. The van der Waals surface area contributed by atoms with Gasteiger partial charge >= 0.3 is 0 Å². The third-order valence-corrected chi connectivity index (χ3v) is 5.02. The van der Waals surface area contributed by atoms with Gasteiger partial charge in [-0.2, -0.15) is 0 Å². The largest absolute Gasteiger partial charge is 0.394 e. The predicted molar refractivity (Wildman–Crippen MR) is 91.7 cm³/mol. The predicted octanol–water partition coefficient (Wildman–Crippen LogP) is 3.59. The molecule has 0 aromatic rings. The maximum absolute atomic E-state index is 11.8. The van der Waals surface area contributed by atoms with Crippen LogP contribution in [0.5, 0.6) is 0 Å². The van der Waals surface area contributed by atoms with Crippen molar-refractivity contribution in [3.05, 3.63) is 0 Å². The molecule has 0 saturated heterocycles. The molecule has 0 radical (unpaired) electrons. The van der Waals surface area contributed by atoms with Crippen molar-refractivity contribution < 1.29 is 24.7 Å². The van der Waals surface area contributed by atoms with Gasteiger partial charge in [0.25, 0.3) is 0 Å². The lowest BCUT2D eigenvalue weighted by Crippen LogP contribution is -2.46. The number of hydrogen-bond donors (Lipinski definition) is 3. The number of hydrogen-bond acceptors (Lipinski definition) is 5. The zero-order valence-electron chi connectivity index (χ0n) is 14.4. The minimum absolute atomic E-state index is 0.0693. The van der Waals surface area contributed by atoms with E-state index >= 15 is 0 Å². The van der Waals surface area contributed by atoms with Crippen LogP contribution in [-0.4, -0.2) is 39.2 Å². The van der Waals surface area contributed by atoms with E-state index in [-0.39, 0.29) is 6.42 Å². The van der Waals surface area contributed by atoms with Crippen LogP contribution in [0.1, 0.15) is 84.0 Å². The number of aliphatic hydroxyl groups excluding tert-OH is 2. The molecule has 0 aromatic heterocycles. The number of ketones is 1. The molecule has 2 atom stereocenters. The van der Waals surface area contributed by atoms with Crippen molar-refractivity contribution in [1.29, 1.82) is 0 Å². The Morgan fingerprint density at radius 1 is 0.957 bits per heavy atom. The van der Waals surface area contributed by atoms with Crippen LogP contribution < -0.4 is 0 Å². The Hall–Kier alpha value is -0.350. The highest BCUT2D eigenvalue weighted by Gasteiger charge is 2.43. The van der Waals surface area contributed by atoms with Crippen LogP contribution >= 0.6 is 8.46 Å². The molecule has 6 heteroatoms. The Kier molecular flexibility index (Phi) is 13.8. The first-order chi connectivity index (χ1) is 11.0. The highest BCUT2D eigenvalue weighted by molar-refractivity contribution is 7.27. The summed E-state index contributed by atoms with van der Waals surface area (Å²) in [5, 5.41) is 25.7. The molecule has 2 unspecified atom stereocenters. The molecule has 0 aromatic carbocycles. The summed E-state index contributed by atoms with van der Waals surface area (Å²) < 4.78 is 10.9. The molecule has 23 heavy (non-hydrogen) atoms. The van der Waals surface area contributed by atoms with Crippen LogP contribution in [0, 0.1) is 0 Å². The van der Waals surface area contributed by atoms with E-state index in [0.717, 1.165) is 19.3 Å². The quantitative estimate of drug-likeness (QED) is 0.293. The topological polar surface area (TPSA) is 94.8 Å². The van der Waals surface area contributed by atoms with Gasteiger partial charge in [0.15, 0.2) is 5.78 Å². The summed E-state index contributed by atoms with van der Waals surface area (Å²) in [6.07, 6.45) is 11.1. The fourth-order valence-electron chi connectivity index (χ4n) is 2.56.